The van der Waals surface area contributed by atoms with Gasteiger partial charge in [-0.2, -0.15) is 0 Å². The molecule has 0 spiro atoms. The summed E-state index contributed by atoms with van der Waals surface area (Å²) in [5.74, 6) is -0.991. The van der Waals surface area contributed by atoms with Crippen LogP contribution in [-0.2, 0) is 34.9 Å². The van der Waals surface area contributed by atoms with E-state index in [1.165, 1.54) is 18.2 Å². The smallest absolute Gasteiger partial charge is 0.458 e. The molecule has 1 rings (SSSR count). The Labute approximate surface area is 235 Å². The van der Waals surface area contributed by atoms with Gasteiger partial charge in [-0.1, -0.05) is 19.4 Å². The molecule has 0 amide bonds. The lowest BCUT2D eigenvalue weighted by molar-refractivity contribution is -0.152. The predicted octanol–water partition coefficient (Wildman–Crippen LogP) is 5.46. The van der Waals surface area contributed by atoms with Crippen molar-refractivity contribution in [3.05, 3.63) is 23.8 Å². The summed E-state index contributed by atoms with van der Waals surface area (Å²) in [5, 5.41) is 0. The Morgan fingerprint density at radius 1 is 0.800 bits per heavy atom. The number of esters is 1. The largest absolute Gasteiger partial charge is 0.514 e. The molecule has 1 unspecified atom stereocenters. The SMILES string of the molecule is CCCC(C)OC(=O)OC[C@H](C)OC(=O)[C@@H](N)Cc1ccc(OC(=O)OC(C)(C)C)c(OC(=O)OC(C)(C)C)c1. The molecule has 0 aliphatic rings. The summed E-state index contributed by atoms with van der Waals surface area (Å²) in [7, 11) is 0. The molecule has 40 heavy (non-hydrogen) atoms. The van der Waals surface area contributed by atoms with Crippen LogP contribution in [0.4, 0.5) is 14.4 Å². The Balaban J connectivity index is 2.88. The van der Waals surface area contributed by atoms with Crippen LogP contribution in [-0.4, -0.2) is 60.5 Å². The molecular formula is C28H43NO11. The highest BCUT2D eigenvalue weighted by molar-refractivity contribution is 5.76. The molecule has 0 aliphatic heterocycles. The number of carbonyl (C=O) groups is 4. The quantitative estimate of drug-likeness (QED) is 0.204. The van der Waals surface area contributed by atoms with Gasteiger partial charge in [-0.05, 0) is 85.9 Å². The number of ether oxygens (including phenoxy) is 7. The third-order valence-electron chi connectivity index (χ3n) is 4.68. The number of rotatable bonds is 11. The third kappa shape index (κ3) is 14.6. The molecule has 0 fully saturated rings. The molecule has 2 N–H and O–H groups in total. The van der Waals surface area contributed by atoms with Gasteiger partial charge in [0.2, 0.25) is 0 Å². The molecule has 0 aromatic heterocycles. The molecule has 3 atom stereocenters. The zero-order valence-electron chi connectivity index (χ0n) is 24.9. The van der Waals surface area contributed by atoms with Gasteiger partial charge >= 0.3 is 24.4 Å². The predicted molar refractivity (Wildman–Crippen MR) is 144 cm³/mol. The van der Waals surface area contributed by atoms with E-state index in [1.54, 1.807) is 55.4 Å². The molecule has 1 aromatic rings. The van der Waals surface area contributed by atoms with Crippen molar-refractivity contribution in [2.75, 3.05) is 6.61 Å². The van der Waals surface area contributed by atoms with Gasteiger partial charge in [-0.15, -0.1) is 0 Å². The van der Waals surface area contributed by atoms with E-state index in [1.807, 2.05) is 6.92 Å². The molecule has 0 radical (unpaired) electrons. The zero-order valence-corrected chi connectivity index (χ0v) is 24.9. The molecule has 0 saturated carbocycles. The second kappa shape index (κ2) is 15.3. The number of carbonyl (C=O) groups excluding carboxylic acids is 4. The lowest BCUT2D eigenvalue weighted by atomic mass is 10.1. The zero-order chi connectivity index (χ0) is 30.7. The van der Waals surface area contributed by atoms with Gasteiger partial charge in [0.1, 0.15) is 36.1 Å². The summed E-state index contributed by atoms with van der Waals surface area (Å²) in [6, 6.07) is 3.19. The Bertz CT molecular complexity index is 1010. The van der Waals surface area contributed by atoms with Gasteiger partial charge < -0.3 is 38.9 Å². The minimum absolute atomic E-state index is 0.0135. The number of hydrogen-bond acceptors (Lipinski definition) is 12. The standard InChI is InChI=1S/C28H43NO11/c1-10-11-17(2)36-24(31)34-16-18(3)35-23(30)20(29)14-19-12-13-21(37-25(32)39-27(4,5)6)22(15-19)38-26(33)40-28(7,8)9/h12-13,15,17-18,20H,10-11,14,16,29H2,1-9H3/t17?,18-,20-/m0/s1. The fourth-order valence-corrected chi connectivity index (χ4v) is 3.07. The van der Waals surface area contributed by atoms with E-state index in [9.17, 15) is 19.2 Å². The highest BCUT2D eigenvalue weighted by Gasteiger charge is 2.25. The number of benzene rings is 1. The highest BCUT2D eigenvalue weighted by Crippen LogP contribution is 2.31. The topological polar surface area (TPSA) is 159 Å². The van der Waals surface area contributed by atoms with Crippen molar-refractivity contribution < 1.29 is 52.3 Å². The Morgan fingerprint density at radius 3 is 1.88 bits per heavy atom. The summed E-state index contributed by atoms with van der Waals surface area (Å²) in [4.78, 5) is 48.8. The van der Waals surface area contributed by atoms with Crippen molar-refractivity contribution in [1.29, 1.82) is 0 Å². The van der Waals surface area contributed by atoms with Crippen LogP contribution in [0, 0.1) is 0 Å². The van der Waals surface area contributed by atoms with Gasteiger partial charge in [-0.3, -0.25) is 4.79 Å². The molecule has 12 nitrogen and oxygen atoms in total. The highest BCUT2D eigenvalue weighted by atomic mass is 16.8. The third-order valence-corrected chi connectivity index (χ3v) is 4.68. The Kier molecular flexibility index (Phi) is 13.2. The Morgan fingerprint density at radius 2 is 1.35 bits per heavy atom. The van der Waals surface area contributed by atoms with Crippen LogP contribution < -0.4 is 15.2 Å². The van der Waals surface area contributed by atoms with E-state index < -0.39 is 47.8 Å². The minimum atomic E-state index is -1.11. The molecule has 0 heterocycles. The molecular weight excluding hydrogens is 526 g/mol. The maximum atomic E-state index is 12.5. The second-order valence-electron chi connectivity index (χ2n) is 11.3. The minimum Gasteiger partial charge on any atom is -0.458 e. The van der Waals surface area contributed by atoms with Crippen LogP contribution >= 0.6 is 0 Å². The van der Waals surface area contributed by atoms with Crippen molar-refractivity contribution in [2.45, 2.75) is 111 Å². The second-order valence-corrected chi connectivity index (χ2v) is 11.3. The normalized spacial score (nSPS) is 13.8. The fourth-order valence-electron chi connectivity index (χ4n) is 3.07. The van der Waals surface area contributed by atoms with Crippen LogP contribution in [0.25, 0.3) is 0 Å². The summed E-state index contributed by atoms with van der Waals surface area (Å²) in [6.45, 7) is 15.1. The number of hydrogen-bond donors (Lipinski definition) is 1. The molecule has 0 saturated heterocycles. The van der Waals surface area contributed by atoms with E-state index in [0.717, 1.165) is 6.42 Å². The van der Waals surface area contributed by atoms with Gasteiger partial charge in [0.15, 0.2) is 11.5 Å². The summed E-state index contributed by atoms with van der Waals surface area (Å²) in [5.41, 5.74) is 4.85. The van der Waals surface area contributed by atoms with E-state index in [0.29, 0.717) is 12.0 Å². The van der Waals surface area contributed by atoms with Crippen LogP contribution in [0.1, 0.15) is 80.7 Å². The molecule has 0 aliphatic carbocycles. The first-order chi connectivity index (χ1) is 18.4. The average molecular weight is 570 g/mol. The fraction of sp³-hybridized carbons (Fsp3) is 0.643. The first-order valence-electron chi connectivity index (χ1n) is 13.1. The van der Waals surface area contributed by atoms with Crippen LogP contribution in [0.3, 0.4) is 0 Å². The van der Waals surface area contributed by atoms with Crippen molar-refractivity contribution in [3.63, 3.8) is 0 Å². The lowest BCUT2D eigenvalue weighted by Crippen LogP contribution is -2.37. The van der Waals surface area contributed by atoms with Gasteiger partial charge in [0, 0.05) is 0 Å². The van der Waals surface area contributed by atoms with E-state index in [4.69, 9.17) is 38.9 Å². The van der Waals surface area contributed by atoms with E-state index >= 15 is 0 Å². The van der Waals surface area contributed by atoms with Gasteiger partial charge in [0.05, 0.1) is 0 Å². The van der Waals surface area contributed by atoms with Crippen LogP contribution in [0.5, 0.6) is 11.5 Å². The first-order valence-corrected chi connectivity index (χ1v) is 13.1. The van der Waals surface area contributed by atoms with Crippen molar-refractivity contribution >= 4 is 24.4 Å². The molecule has 226 valence electrons. The first kappa shape index (κ1) is 34.5. The van der Waals surface area contributed by atoms with Crippen LogP contribution in [0.2, 0.25) is 0 Å². The summed E-state index contributed by atoms with van der Waals surface area (Å²) >= 11 is 0. The maximum Gasteiger partial charge on any atom is 0.514 e. The lowest BCUT2D eigenvalue weighted by Gasteiger charge is -2.21. The van der Waals surface area contributed by atoms with E-state index in [-0.39, 0.29) is 30.6 Å². The summed E-state index contributed by atoms with van der Waals surface area (Å²) < 4.78 is 36.2. The van der Waals surface area contributed by atoms with Crippen molar-refractivity contribution in [2.24, 2.45) is 5.73 Å². The van der Waals surface area contributed by atoms with Crippen molar-refractivity contribution in [1.82, 2.24) is 0 Å². The maximum absolute atomic E-state index is 12.5. The monoisotopic (exact) mass is 569 g/mol. The molecule has 1 aromatic carbocycles. The molecule has 0 bridgehead atoms. The number of nitrogens with two attached hydrogens (primary N) is 1. The molecule has 12 heteroatoms. The van der Waals surface area contributed by atoms with Crippen molar-refractivity contribution in [3.8, 4) is 11.5 Å². The Hall–Kier alpha value is -3.54. The van der Waals surface area contributed by atoms with Crippen LogP contribution in [0.15, 0.2) is 18.2 Å². The summed E-state index contributed by atoms with van der Waals surface area (Å²) in [6.07, 6.45) is -2.40. The van der Waals surface area contributed by atoms with E-state index in [2.05, 4.69) is 0 Å². The average Bonchev–Trinajstić information content (AvgIpc) is 2.77. The van der Waals surface area contributed by atoms with Gasteiger partial charge in [-0.25, -0.2) is 14.4 Å². The van der Waals surface area contributed by atoms with Gasteiger partial charge in [0.25, 0.3) is 0 Å².